The zero-order chi connectivity index (χ0) is 11.5. The molecule has 2 N–H and O–H groups in total. The molecule has 0 atom stereocenters. The number of amides is 1. The van der Waals surface area contributed by atoms with Gasteiger partial charge in [-0.05, 0) is 0 Å². The molecule has 0 saturated heterocycles. The van der Waals surface area contributed by atoms with E-state index in [4.69, 9.17) is 5.11 Å². The van der Waals surface area contributed by atoms with Gasteiger partial charge in [-0.15, -0.1) is 11.3 Å². The Kier molecular flexibility index (Phi) is 2.86. The van der Waals surface area contributed by atoms with E-state index >= 15 is 0 Å². The number of carboxylic acid groups (broad SMARTS) is 1. The molecule has 0 bridgehead atoms. The van der Waals surface area contributed by atoms with Crippen molar-refractivity contribution in [2.45, 2.75) is 6.42 Å². The highest BCUT2D eigenvalue weighted by atomic mass is 32.1. The first-order chi connectivity index (χ1) is 7.66. The van der Waals surface area contributed by atoms with Gasteiger partial charge in [0.15, 0.2) is 4.96 Å². The van der Waals surface area contributed by atoms with Crippen molar-refractivity contribution in [3.63, 3.8) is 0 Å². The van der Waals surface area contributed by atoms with Gasteiger partial charge in [0.1, 0.15) is 6.54 Å². The van der Waals surface area contributed by atoms with Gasteiger partial charge in [-0.2, -0.15) is 0 Å². The molecule has 0 aliphatic heterocycles. The number of hydrogen-bond acceptors (Lipinski definition) is 4. The second-order valence-electron chi connectivity index (χ2n) is 3.15. The topological polar surface area (TPSA) is 83.7 Å². The van der Waals surface area contributed by atoms with Crippen LogP contribution in [0.3, 0.4) is 0 Å². The molecular weight excluding hydrogens is 230 g/mol. The van der Waals surface area contributed by atoms with E-state index in [-0.39, 0.29) is 18.9 Å². The number of imidazole rings is 1. The van der Waals surface area contributed by atoms with Crippen molar-refractivity contribution in [2.24, 2.45) is 0 Å². The van der Waals surface area contributed by atoms with Crippen molar-refractivity contribution < 1.29 is 14.7 Å². The minimum absolute atomic E-state index is 0.156. The maximum atomic E-state index is 11.4. The predicted molar refractivity (Wildman–Crippen MR) is 57.4 cm³/mol. The number of thiazole rings is 1. The van der Waals surface area contributed by atoms with Crippen LogP contribution >= 0.6 is 11.3 Å². The Balaban J connectivity index is 2.02. The molecule has 16 heavy (non-hydrogen) atoms. The Labute approximate surface area is 94.5 Å². The van der Waals surface area contributed by atoms with E-state index in [0.717, 1.165) is 10.7 Å². The Morgan fingerprint density at radius 2 is 2.38 bits per heavy atom. The van der Waals surface area contributed by atoms with Gasteiger partial charge in [-0.1, -0.05) is 0 Å². The van der Waals surface area contributed by atoms with E-state index in [1.165, 1.54) is 11.3 Å². The lowest BCUT2D eigenvalue weighted by Gasteiger charge is -2.01. The summed E-state index contributed by atoms with van der Waals surface area (Å²) >= 11 is 1.44. The lowest BCUT2D eigenvalue weighted by atomic mass is 10.3. The van der Waals surface area contributed by atoms with E-state index in [1.54, 1.807) is 12.4 Å². The fraction of sp³-hybridized carbons (Fsp3) is 0.222. The van der Waals surface area contributed by atoms with Gasteiger partial charge in [-0.3, -0.25) is 14.0 Å². The standard InChI is InChI=1S/C9H9N3O3S/c13-7(11-4-8(14)15)3-6-5-16-9-10-1-2-12(6)9/h1-2,5H,3-4H2,(H,11,13)(H,14,15). The molecule has 0 radical (unpaired) electrons. The molecule has 0 saturated carbocycles. The average molecular weight is 239 g/mol. The monoisotopic (exact) mass is 239 g/mol. The second kappa shape index (κ2) is 4.31. The summed E-state index contributed by atoms with van der Waals surface area (Å²) in [6, 6.07) is 0. The van der Waals surface area contributed by atoms with E-state index in [1.807, 2.05) is 9.78 Å². The van der Waals surface area contributed by atoms with Crippen molar-refractivity contribution in [2.75, 3.05) is 6.54 Å². The van der Waals surface area contributed by atoms with Crippen LogP contribution in [-0.2, 0) is 16.0 Å². The molecule has 2 rings (SSSR count). The largest absolute Gasteiger partial charge is 0.480 e. The summed E-state index contributed by atoms with van der Waals surface area (Å²) in [4.78, 5) is 26.5. The molecule has 2 aromatic rings. The third-order valence-electron chi connectivity index (χ3n) is 2.00. The Bertz CT molecular complexity index is 531. The summed E-state index contributed by atoms with van der Waals surface area (Å²) in [6.45, 7) is -0.351. The number of nitrogens with one attached hydrogen (secondary N) is 1. The number of aliphatic carboxylic acids is 1. The summed E-state index contributed by atoms with van der Waals surface area (Å²) in [5.41, 5.74) is 0.806. The first-order valence-electron chi connectivity index (χ1n) is 4.55. The molecule has 6 nitrogen and oxygen atoms in total. The number of fused-ring (bicyclic) bond motifs is 1. The van der Waals surface area contributed by atoms with Gasteiger partial charge in [0.05, 0.1) is 6.42 Å². The second-order valence-corrected chi connectivity index (χ2v) is 3.99. The SMILES string of the molecule is O=C(O)CNC(=O)Cc1csc2nccn12. The van der Waals surface area contributed by atoms with E-state index in [2.05, 4.69) is 10.3 Å². The molecule has 0 spiro atoms. The highest BCUT2D eigenvalue weighted by Gasteiger charge is 2.09. The molecule has 0 aliphatic carbocycles. The van der Waals surface area contributed by atoms with Crippen molar-refractivity contribution in [3.05, 3.63) is 23.5 Å². The van der Waals surface area contributed by atoms with Crippen molar-refractivity contribution >= 4 is 28.2 Å². The molecule has 84 valence electrons. The third-order valence-corrected chi connectivity index (χ3v) is 2.90. The van der Waals surface area contributed by atoms with Crippen LogP contribution in [0.15, 0.2) is 17.8 Å². The number of rotatable bonds is 4. The van der Waals surface area contributed by atoms with Crippen LogP contribution in [0.5, 0.6) is 0 Å². The molecule has 0 fully saturated rings. The number of carboxylic acids is 1. The minimum Gasteiger partial charge on any atom is -0.480 e. The Morgan fingerprint density at radius 3 is 3.12 bits per heavy atom. The van der Waals surface area contributed by atoms with E-state index in [9.17, 15) is 9.59 Å². The average Bonchev–Trinajstić information content (AvgIpc) is 2.80. The zero-order valence-corrected chi connectivity index (χ0v) is 9.03. The van der Waals surface area contributed by atoms with Crippen LogP contribution in [0.4, 0.5) is 0 Å². The van der Waals surface area contributed by atoms with Crippen molar-refractivity contribution in [3.8, 4) is 0 Å². The third kappa shape index (κ3) is 2.19. The predicted octanol–water partition coefficient (Wildman–Crippen LogP) is 0.139. The van der Waals surface area contributed by atoms with Gasteiger partial charge in [-0.25, -0.2) is 4.98 Å². The maximum absolute atomic E-state index is 11.4. The van der Waals surface area contributed by atoms with Crippen molar-refractivity contribution in [1.29, 1.82) is 0 Å². The molecular formula is C9H9N3O3S. The summed E-state index contributed by atoms with van der Waals surface area (Å²) in [5, 5.41) is 12.5. The lowest BCUT2D eigenvalue weighted by Crippen LogP contribution is -2.30. The molecule has 2 aromatic heterocycles. The molecule has 0 aliphatic rings. The van der Waals surface area contributed by atoms with Gasteiger partial charge in [0.2, 0.25) is 5.91 Å². The van der Waals surface area contributed by atoms with Gasteiger partial charge < -0.3 is 10.4 Å². The van der Waals surface area contributed by atoms with Gasteiger partial charge >= 0.3 is 5.97 Å². The van der Waals surface area contributed by atoms with Gasteiger partial charge in [0, 0.05) is 23.5 Å². The molecule has 1 amide bonds. The smallest absolute Gasteiger partial charge is 0.322 e. The quantitative estimate of drug-likeness (QED) is 0.794. The Morgan fingerprint density at radius 1 is 1.56 bits per heavy atom. The minimum atomic E-state index is -1.05. The lowest BCUT2D eigenvalue weighted by molar-refractivity contribution is -0.137. The highest BCUT2D eigenvalue weighted by molar-refractivity contribution is 7.15. The summed E-state index contributed by atoms with van der Waals surface area (Å²) < 4.78 is 1.81. The van der Waals surface area contributed by atoms with Crippen LogP contribution in [0, 0.1) is 0 Å². The summed E-state index contributed by atoms with van der Waals surface area (Å²) in [6.07, 6.45) is 3.58. The number of nitrogens with zero attached hydrogens (tertiary/aromatic N) is 2. The number of aromatic nitrogens is 2. The summed E-state index contributed by atoms with van der Waals surface area (Å²) in [7, 11) is 0. The number of carbonyl (C=O) groups excluding carboxylic acids is 1. The van der Waals surface area contributed by atoms with Crippen LogP contribution in [-0.4, -0.2) is 32.9 Å². The molecule has 0 aromatic carbocycles. The number of carbonyl (C=O) groups is 2. The highest BCUT2D eigenvalue weighted by Crippen LogP contribution is 2.14. The molecule has 7 heteroatoms. The van der Waals surface area contributed by atoms with Crippen LogP contribution < -0.4 is 5.32 Å². The maximum Gasteiger partial charge on any atom is 0.322 e. The Hall–Kier alpha value is -1.89. The first-order valence-corrected chi connectivity index (χ1v) is 5.42. The van der Waals surface area contributed by atoms with E-state index < -0.39 is 5.97 Å². The summed E-state index contributed by atoms with van der Waals surface area (Å²) in [5.74, 6) is -1.36. The van der Waals surface area contributed by atoms with Crippen LogP contribution in [0.1, 0.15) is 5.69 Å². The molecule has 2 heterocycles. The fourth-order valence-electron chi connectivity index (χ4n) is 1.30. The molecule has 0 unspecified atom stereocenters. The van der Waals surface area contributed by atoms with Gasteiger partial charge in [0.25, 0.3) is 0 Å². The van der Waals surface area contributed by atoms with E-state index in [0.29, 0.717) is 0 Å². The number of hydrogen-bond donors (Lipinski definition) is 2. The van der Waals surface area contributed by atoms with Crippen molar-refractivity contribution in [1.82, 2.24) is 14.7 Å². The van der Waals surface area contributed by atoms with Crippen LogP contribution in [0.2, 0.25) is 0 Å². The first kappa shape index (κ1) is 10.6. The zero-order valence-electron chi connectivity index (χ0n) is 8.21. The fourth-order valence-corrected chi connectivity index (χ4v) is 2.15. The van der Waals surface area contributed by atoms with Crippen LogP contribution in [0.25, 0.3) is 4.96 Å². The normalized spacial score (nSPS) is 10.5.